The normalized spacial score (nSPS) is 9.91. The fourth-order valence-electron chi connectivity index (χ4n) is 1.87. The molecule has 0 saturated heterocycles. The number of carbonyl (C=O) groups excluding carboxylic acids is 1. The van der Waals surface area contributed by atoms with Gasteiger partial charge < -0.3 is 10.1 Å². The summed E-state index contributed by atoms with van der Waals surface area (Å²) in [6, 6.07) is 14.7. The first-order chi connectivity index (χ1) is 10.6. The lowest BCUT2D eigenvalue weighted by atomic mass is 10.1. The van der Waals surface area contributed by atoms with Crippen LogP contribution in [0.3, 0.4) is 0 Å². The second kappa shape index (κ2) is 7.56. The Bertz CT molecular complexity index is 669. The summed E-state index contributed by atoms with van der Waals surface area (Å²) in [5.41, 5.74) is 2.43. The molecule has 0 aliphatic carbocycles. The first-order valence-electron chi connectivity index (χ1n) is 7.00. The van der Waals surface area contributed by atoms with Gasteiger partial charge in [0, 0.05) is 17.3 Å². The van der Waals surface area contributed by atoms with Gasteiger partial charge in [-0.25, -0.2) is 0 Å². The first-order valence-corrected chi connectivity index (χ1v) is 7.41. The van der Waals surface area contributed by atoms with E-state index in [4.69, 9.17) is 17.0 Å². The van der Waals surface area contributed by atoms with Gasteiger partial charge in [-0.2, -0.15) is 0 Å². The lowest BCUT2D eigenvalue weighted by Crippen LogP contribution is -2.34. The number of hydrogen-bond acceptors (Lipinski definition) is 3. The second-order valence-corrected chi connectivity index (χ2v) is 5.14. The third-order valence-electron chi connectivity index (χ3n) is 2.94. The zero-order valence-electron chi connectivity index (χ0n) is 12.6. The summed E-state index contributed by atoms with van der Waals surface area (Å²) in [4.78, 5) is 12.1. The zero-order chi connectivity index (χ0) is 15.9. The van der Waals surface area contributed by atoms with E-state index in [1.807, 2.05) is 50.2 Å². The zero-order valence-corrected chi connectivity index (χ0v) is 13.4. The highest BCUT2D eigenvalue weighted by Crippen LogP contribution is 2.17. The molecule has 22 heavy (non-hydrogen) atoms. The average Bonchev–Trinajstić information content (AvgIpc) is 2.48. The minimum Gasteiger partial charge on any atom is -0.494 e. The van der Waals surface area contributed by atoms with Gasteiger partial charge in [-0.1, -0.05) is 23.8 Å². The molecule has 0 fully saturated rings. The number of carbonyl (C=O) groups is 1. The first kappa shape index (κ1) is 16.0. The molecule has 2 aromatic carbocycles. The minimum atomic E-state index is -0.238. The summed E-state index contributed by atoms with van der Waals surface area (Å²) in [7, 11) is 0. The topological polar surface area (TPSA) is 50.4 Å². The van der Waals surface area contributed by atoms with E-state index in [2.05, 4.69) is 10.6 Å². The van der Waals surface area contributed by atoms with Gasteiger partial charge in [-0.3, -0.25) is 10.1 Å². The fraction of sp³-hybridized carbons (Fsp3) is 0.176. The van der Waals surface area contributed by atoms with E-state index in [9.17, 15) is 4.79 Å². The summed E-state index contributed by atoms with van der Waals surface area (Å²) in [6.07, 6.45) is 0. The number of aryl methyl sites for hydroxylation is 1. The smallest absolute Gasteiger partial charge is 0.257 e. The minimum absolute atomic E-state index is 0.238. The predicted molar refractivity (Wildman–Crippen MR) is 92.5 cm³/mol. The molecule has 5 heteroatoms. The molecule has 1 amide bonds. The number of ether oxygens (including phenoxy) is 1. The SMILES string of the molecule is CCOc1cccc(NC(=S)NC(=O)c2ccc(C)cc2)c1. The highest BCUT2D eigenvalue weighted by Gasteiger charge is 2.07. The van der Waals surface area contributed by atoms with Gasteiger partial charge in [0.25, 0.3) is 5.91 Å². The lowest BCUT2D eigenvalue weighted by Gasteiger charge is -2.11. The van der Waals surface area contributed by atoms with Gasteiger partial charge in [0.2, 0.25) is 0 Å². The van der Waals surface area contributed by atoms with Crippen LogP contribution in [0.5, 0.6) is 5.75 Å². The maximum Gasteiger partial charge on any atom is 0.257 e. The van der Waals surface area contributed by atoms with Gasteiger partial charge >= 0.3 is 0 Å². The highest BCUT2D eigenvalue weighted by atomic mass is 32.1. The molecular formula is C17H18N2O2S. The number of nitrogens with one attached hydrogen (secondary N) is 2. The van der Waals surface area contributed by atoms with Crippen molar-refractivity contribution in [2.24, 2.45) is 0 Å². The molecule has 0 bridgehead atoms. The van der Waals surface area contributed by atoms with Crippen molar-refractivity contribution in [2.75, 3.05) is 11.9 Å². The van der Waals surface area contributed by atoms with Crippen LogP contribution in [-0.4, -0.2) is 17.6 Å². The summed E-state index contributed by atoms with van der Waals surface area (Å²) < 4.78 is 5.42. The molecule has 4 nitrogen and oxygen atoms in total. The van der Waals surface area contributed by atoms with E-state index in [1.54, 1.807) is 12.1 Å². The molecule has 2 aromatic rings. The molecule has 2 N–H and O–H groups in total. The van der Waals surface area contributed by atoms with Crippen molar-refractivity contribution in [3.8, 4) is 5.75 Å². The molecule has 2 rings (SSSR count). The Labute approximate surface area is 135 Å². The van der Waals surface area contributed by atoms with Crippen molar-refractivity contribution < 1.29 is 9.53 Å². The Morgan fingerprint density at radius 1 is 1.18 bits per heavy atom. The van der Waals surface area contributed by atoms with Crippen LogP contribution in [0.1, 0.15) is 22.8 Å². The maximum atomic E-state index is 12.1. The summed E-state index contributed by atoms with van der Waals surface area (Å²) >= 11 is 5.16. The standard InChI is InChI=1S/C17H18N2O2S/c1-3-21-15-6-4-5-14(11-15)18-17(22)19-16(20)13-9-7-12(2)8-10-13/h4-11H,3H2,1-2H3,(H2,18,19,20,22). The third-order valence-corrected chi connectivity index (χ3v) is 3.15. The Balaban J connectivity index is 1.96. The van der Waals surface area contributed by atoms with Crippen molar-refractivity contribution in [2.45, 2.75) is 13.8 Å². The van der Waals surface area contributed by atoms with Crippen LogP contribution in [0.25, 0.3) is 0 Å². The molecule has 0 aliphatic rings. The number of rotatable bonds is 4. The monoisotopic (exact) mass is 314 g/mol. The molecular weight excluding hydrogens is 296 g/mol. The molecule has 0 unspecified atom stereocenters. The molecule has 0 radical (unpaired) electrons. The Hall–Kier alpha value is -2.40. The van der Waals surface area contributed by atoms with Gasteiger partial charge in [-0.15, -0.1) is 0 Å². The molecule has 0 atom stereocenters. The van der Waals surface area contributed by atoms with Crippen molar-refractivity contribution >= 4 is 28.9 Å². The van der Waals surface area contributed by atoms with E-state index < -0.39 is 0 Å². The van der Waals surface area contributed by atoms with E-state index >= 15 is 0 Å². The average molecular weight is 314 g/mol. The molecule has 0 aliphatic heterocycles. The van der Waals surface area contributed by atoms with Crippen LogP contribution in [-0.2, 0) is 0 Å². The van der Waals surface area contributed by atoms with Crippen LogP contribution in [0.4, 0.5) is 5.69 Å². The molecule has 0 heterocycles. The van der Waals surface area contributed by atoms with Gasteiger partial charge in [0.1, 0.15) is 5.75 Å². The summed E-state index contributed by atoms with van der Waals surface area (Å²) in [5, 5.41) is 5.88. The van der Waals surface area contributed by atoms with Gasteiger partial charge in [0.15, 0.2) is 5.11 Å². The van der Waals surface area contributed by atoms with Crippen LogP contribution >= 0.6 is 12.2 Å². The number of amides is 1. The second-order valence-electron chi connectivity index (χ2n) is 4.74. The van der Waals surface area contributed by atoms with Gasteiger partial charge in [-0.05, 0) is 50.3 Å². The van der Waals surface area contributed by atoms with Crippen molar-refractivity contribution in [3.05, 3.63) is 59.7 Å². The number of benzene rings is 2. The lowest BCUT2D eigenvalue weighted by molar-refractivity contribution is 0.0977. The van der Waals surface area contributed by atoms with E-state index in [-0.39, 0.29) is 11.0 Å². The summed E-state index contributed by atoms with van der Waals surface area (Å²) in [6.45, 7) is 4.49. The van der Waals surface area contributed by atoms with E-state index in [1.165, 1.54) is 0 Å². The highest BCUT2D eigenvalue weighted by molar-refractivity contribution is 7.80. The fourth-order valence-corrected chi connectivity index (χ4v) is 2.08. The predicted octanol–water partition coefficient (Wildman–Crippen LogP) is 3.52. The van der Waals surface area contributed by atoms with Crippen LogP contribution in [0.15, 0.2) is 48.5 Å². The molecule has 0 aromatic heterocycles. The van der Waals surface area contributed by atoms with Crippen molar-refractivity contribution in [1.29, 1.82) is 0 Å². The van der Waals surface area contributed by atoms with Crippen LogP contribution in [0, 0.1) is 6.92 Å². The molecule has 114 valence electrons. The van der Waals surface area contributed by atoms with Crippen molar-refractivity contribution in [3.63, 3.8) is 0 Å². The molecule has 0 spiro atoms. The Morgan fingerprint density at radius 2 is 1.91 bits per heavy atom. The molecule has 0 saturated carbocycles. The number of thiocarbonyl (C=S) groups is 1. The maximum absolute atomic E-state index is 12.1. The van der Waals surface area contributed by atoms with E-state index in [0.29, 0.717) is 12.2 Å². The Morgan fingerprint density at radius 3 is 2.59 bits per heavy atom. The Kier molecular flexibility index (Phi) is 5.49. The largest absolute Gasteiger partial charge is 0.494 e. The quantitative estimate of drug-likeness (QED) is 0.848. The number of anilines is 1. The summed E-state index contributed by atoms with van der Waals surface area (Å²) in [5.74, 6) is 0.513. The van der Waals surface area contributed by atoms with E-state index in [0.717, 1.165) is 17.0 Å². The van der Waals surface area contributed by atoms with Crippen LogP contribution in [0.2, 0.25) is 0 Å². The van der Waals surface area contributed by atoms with Crippen LogP contribution < -0.4 is 15.4 Å². The van der Waals surface area contributed by atoms with Crippen molar-refractivity contribution in [1.82, 2.24) is 5.32 Å². The number of hydrogen-bond donors (Lipinski definition) is 2. The third kappa shape index (κ3) is 4.56. The van der Waals surface area contributed by atoms with Gasteiger partial charge in [0.05, 0.1) is 6.61 Å².